The standard InChI is InChI=1S/C8H11N.C8H14O2.C3H6O2.2C2H6.C2H2/c1-7(9)8-5-3-2-4-6-8;1-2-4-8(5-3-1)9-6-7-10-8;1-2-5-3-4;3*1-2/h2-7H,9H2,1H3;1-7H2;3H,2H2,1H3;2*1-2H3;1-2H/t7-;;;;;/m1...../s1. The van der Waals surface area contributed by atoms with Crippen LogP contribution in [0.15, 0.2) is 30.3 Å². The Hall–Kier alpha value is -1.87. The van der Waals surface area contributed by atoms with Crippen molar-refractivity contribution in [2.24, 2.45) is 5.73 Å². The maximum absolute atomic E-state index is 9.18. The topological polar surface area (TPSA) is 70.8 Å². The van der Waals surface area contributed by atoms with Crippen molar-refractivity contribution in [3.8, 4) is 12.8 Å². The highest BCUT2D eigenvalue weighted by Crippen LogP contribution is 2.35. The van der Waals surface area contributed by atoms with Gasteiger partial charge >= 0.3 is 0 Å². The maximum Gasteiger partial charge on any atom is 0.293 e. The zero-order chi connectivity index (χ0) is 23.7. The highest BCUT2D eigenvalue weighted by Gasteiger charge is 2.37. The van der Waals surface area contributed by atoms with Crippen LogP contribution in [-0.4, -0.2) is 32.1 Å². The molecule has 1 aliphatic heterocycles. The van der Waals surface area contributed by atoms with Crippen LogP contribution in [0.25, 0.3) is 0 Å². The molecule has 1 aromatic rings. The number of carbonyl (C=O) groups is 1. The van der Waals surface area contributed by atoms with Crippen LogP contribution in [0.3, 0.4) is 0 Å². The van der Waals surface area contributed by atoms with Crippen molar-refractivity contribution in [3.05, 3.63) is 35.9 Å². The molecule has 1 aliphatic carbocycles. The van der Waals surface area contributed by atoms with E-state index in [9.17, 15) is 4.79 Å². The van der Waals surface area contributed by atoms with Crippen LogP contribution in [0.1, 0.15) is 85.3 Å². The fraction of sp³-hybridized carbons (Fsp3) is 0.640. The first-order chi connectivity index (χ1) is 14.6. The summed E-state index contributed by atoms with van der Waals surface area (Å²) in [6.07, 6.45) is 14.1. The normalized spacial score (nSPS) is 15.9. The summed E-state index contributed by atoms with van der Waals surface area (Å²) in [5.41, 5.74) is 6.81. The van der Waals surface area contributed by atoms with E-state index in [0.29, 0.717) is 13.1 Å². The number of terminal acetylenes is 1. The Labute approximate surface area is 185 Å². The predicted octanol–water partition coefficient (Wildman–Crippen LogP) is 5.88. The molecule has 0 unspecified atom stereocenters. The Morgan fingerprint density at radius 2 is 1.50 bits per heavy atom. The Morgan fingerprint density at radius 3 is 1.80 bits per heavy atom. The minimum Gasteiger partial charge on any atom is -0.468 e. The summed E-state index contributed by atoms with van der Waals surface area (Å²) in [5.74, 6) is -0.127. The summed E-state index contributed by atoms with van der Waals surface area (Å²) < 4.78 is 15.3. The van der Waals surface area contributed by atoms with Gasteiger partial charge in [-0.2, -0.15) is 0 Å². The molecule has 0 bridgehead atoms. The summed E-state index contributed by atoms with van der Waals surface area (Å²) in [4.78, 5) is 9.18. The molecule has 1 saturated carbocycles. The molecule has 2 fully saturated rings. The predicted molar refractivity (Wildman–Crippen MR) is 127 cm³/mol. The van der Waals surface area contributed by atoms with E-state index in [2.05, 4.69) is 17.6 Å². The lowest BCUT2D eigenvalue weighted by Crippen LogP contribution is -2.32. The van der Waals surface area contributed by atoms with Gasteiger partial charge in [0.1, 0.15) is 0 Å². The first-order valence-electron chi connectivity index (χ1n) is 11.1. The van der Waals surface area contributed by atoms with E-state index in [1.54, 1.807) is 6.92 Å². The molecule has 1 spiro atoms. The SMILES string of the molecule is C#C.C1CCC2(CC1)OCCO2.CC.CC.CCOC=O.C[C@@H](N)c1ccccc1. The van der Waals surface area contributed by atoms with Gasteiger partial charge in [0.25, 0.3) is 6.47 Å². The molecule has 1 saturated heterocycles. The van der Waals surface area contributed by atoms with Crippen molar-refractivity contribution < 1.29 is 19.0 Å². The van der Waals surface area contributed by atoms with Gasteiger partial charge in [-0.25, -0.2) is 0 Å². The van der Waals surface area contributed by atoms with E-state index < -0.39 is 0 Å². The van der Waals surface area contributed by atoms with Crippen molar-refractivity contribution in [2.45, 2.75) is 85.5 Å². The smallest absolute Gasteiger partial charge is 0.293 e. The fourth-order valence-corrected chi connectivity index (χ4v) is 2.70. The highest BCUT2D eigenvalue weighted by molar-refractivity contribution is 5.36. The molecule has 2 aliphatic rings. The van der Waals surface area contributed by atoms with Gasteiger partial charge in [-0.15, -0.1) is 12.8 Å². The number of nitrogens with two attached hydrogens (primary N) is 1. The Bertz CT molecular complexity index is 461. The summed E-state index contributed by atoms with van der Waals surface area (Å²) in [5, 5.41) is 0. The van der Waals surface area contributed by atoms with Gasteiger partial charge in [0.2, 0.25) is 0 Å². The van der Waals surface area contributed by atoms with E-state index in [1.807, 2.05) is 65.0 Å². The number of rotatable bonds is 3. The number of ether oxygens (including phenoxy) is 3. The summed E-state index contributed by atoms with van der Waals surface area (Å²) in [7, 11) is 0. The number of benzene rings is 1. The molecule has 1 atom stereocenters. The van der Waals surface area contributed by atoms with Crippen LogP contribution < -0.4 is 5.73 Å². The molecule has 5 heteroatoms. The second-order valence-corrected chi connectivity index (χ2v) is 5.92. The van der Waals surface area contributed by atoms with Crippen LogP contribution in [0.4, 0.5) is 0 Å². The molecule has 0 aromatic heterocycles. The summed E-state index contributed by atoms with van der Waals surface area (Å²) >= 11 is 0. The zero-order valence-corrected chi connectivity index (χ0v) is 20.1. The van der Waals surface area contributed by atoms with Crippen LogP contribution in [0.2, 0.25) is 0 Å². The Morgan fingerprint density at radius 1 is 1.03 bits per heavy atom. The maximum atomic E-state index is 9.18. The lowest BCUT2D eigenvalue weighted by atomic mass is 9.94. The number of hydrogen-bond acceptors (Lipinski definition) is 5. The summed E-state index contributed by atoms with van der Waals surface area (Å²) in [6.45, 7) is 14.3. The minimum absolute atomic E-state index is 0.127. The average molecular weight is 424 g/mol. The third-order valence-corrected chi connectivity index (χ3v) is 3.99. The van der Waals surface area contributed by atoms with E-state index in [0.717, 1.165) is 26.1 Å². The van der Waals surface area contributed by atoms with E-state index in [4.69, 9.17) is 15.2 Å². The van der Waals surface area contributed by atoms with Crippen LogP contribution in [0, 0.1) is 12.8 Å². The van der Waals surface area contributed by atoms with Gasteiger partial charge in [-0.05, 0) is 32.3 Å². The molecule has 1 heterocycles. The average Bonchev–Trinajstić information content (AvgIpc) is 3.28. The largest absolute Gasteiger partial charge is 0.468 e. The lowest BCUT2D eigenvalue weighted by Gasteiger charge is -2.30. The van der Waals surface area contributed by atoms with Gasteiger partial charge in [-0.3, -0.25) is 4.79 Å². The monoisotopic (exact) mass is 423 g/mol. The van der Waals surface area contributed by atoms with Gasteiger partial charge in [-0.1, -0.05) is 64.4 Å². The Balaban J connectivity index is -0.000000336. The Kier molecular flexibility index (Phi) is 27.5. The van der Waals surface area contributed by atoms with Crippen molar-refractivity contribution in [2.75, 3.05) is 19.8 Å². The quantitative estimate of drug-likeness (QED) is 0.485. The molecule has 5 nitrogen and oxygen atoms in total. The minimum atomic E-state index is -0.127. The summed E-state index contributed by atoms with van der Waals surface area (Å²) in [6, 6.07) is 10.2. The molecule has 0 radical (unpaired) electrons. The van der Waals surface area contributed by atoms with Crippen molar-refractivity contribution >= 4 is 6.47 Å². The van der Waals surface area contributed by atoms with Crippen molar-refractivity contribution in [3.63, 3.8) is 0 Å². The first kappa shape index (κ1) is 32.8. The molecule has 3 rings (SSSR count). The van der Waals surface area contributed by atoms with Gasteiger partial charge in [0.05, 0.1) is 19.8 Å². The number of hydrogen-bond donors (Lipinski definition) is 1. The van der Waals surface area contributed by atoms with E-state index in [1.165, 1.54) is 24.8 Å². The molecular formula is C25H45NO4. The van der Waals surface area contributed by atoms with Crippen molar-refractivity contribution in [1.82, 2.24) is 0 Å². The van der Waals surface area contributed by atoms with Crippen LogP contribution in [-0.2, 0) is 19.0 Å². The fourth-order valence-electron chi connectivity index (χ4n) is 2.70. The third kappa shape index (κ3) is 17.0. The lowest BCUT2D eigenvalue weighted by molar-refractivity contribution is -0.176. The molecule has 0 amide bonds. The van der Waals surface area contributed by atoms with Crippen molar-refractivity contribution in [1.29, 1.82) is 0 Å². The van der Waals surface area contributed by atoms with Gasteiger partial charge in [0, 0.05) is 18.9 Å². The molecule has 1 aromatic carbocycles. The third-order valence-electron chi connectivity index (χ3n) is 3.99. The van der Waals surface area contributed by atoms with Gasteiger partial charge < -0.3 is 19.9 Å². The number of carbonyl (C=O) groups excluding carboxylic acids is 1. The molecular weight excluding hydrogens is 378 g/mol. The first-order valence-corrected chi connectivity index (χ1v) is 11.1. The van der Waals surface area contributed by atoms with Crippen LogP contribution in [0.5, 0.6) is 0 Å². The molecule has 2 N–H and O–H groups in total. The molecule has 174 valence electrons. The van der Waals surface area contributed by atoms with Gasteiger partial charge in [0.15, 0.2) is 5.79 Å². The highest BCUT2D eigenvalue weighted by atomic mass is 16.7. The second-order valence-electron chi connectivity index (χ2n) is 5.92. The molecule has 30 heavy (non-hydrogen) atoms. The zero-order valence-electron chi connectivity index (χ0n) is 20.1. The van der Waals surface area contributed by atoms with Crippen LogP contribution >= 0.6 is 0 Å². The second kappa shape index (κ2) is 25.2. The van der Waals surface area contributed by atoms with E-state index in [-0.39, 0.29) is 11.8 Å². The van der Waals surface area contributed by atoms with E-state index >= 15 is 0 Å².